The smallest absolute Gasteiger partial charge is 0.231 e. The zero-order valence-electron chi connectivity index (χ0n) is 13.4. The van der Waals surface area contributed by atoms with E-state index in [1.54, 1.807) is 16.7 Å². The van der Waals surface area contributed by atoms with Crippen LogP contribution in [-0.4, -0.2) is 33.8 Å². The van der Waals surface area contributed by atoms with E-state index in [2.05, 4.69) is 29.4 Å². The van der Waals surface area contributed by atoms with E-state index < -0.39 is 0 Å². The summed E-state index contributed by atoms with van der Waals surface area (Å²) in [6, 6.07) is 9.41. The molecule has 0 bridgehead atoms. The summed E-state index contributed by atoms with van der Waals surface area (Å²) in [5.74, 6) is -0.587. The Bertz CT molecular complexity index is 733. The Hall–Kier alpha value is -1.93. The fourth-order valence-corrected chi connectivity index (χ4v) is 4.44. The molecular weight excluding hydrogens is 344 g/mol. The highest BCUT2D eigenvalue weighted by molar-refractivity contribution is 8.01. The summed E-state index contributed by atoms with van der Waals surface area (Å²) in [7, 11) is 0. The SMILES string of the molecule is CC(C)Sc1nnc(NC(=O)[C@@H]2CC(=O)N(c3ccccc3)C2)s1. The number of hydrogen-bond donors (Lipinski definition) is 1. The van der Waals surface area contributed by atoms with Crippen molar-refractivity contribution >= 4 is 45.7 Å². The number of aromatic nitrogens is 2. The fraction of sp³-hybridized carbons (Fsp3) is 0.375. The molecular formula is C16H18N4O2S2. The highest BCUT2D eigenvalue weighted by atomic mass is 32.2. The first kappa shape index (κ1) is 16.9. The second kappa shape index (κ2) is 7.31. The summed E-state index contributed by atoms with van der Waals surface area (Å²) < 4.78 is 0.828. The molecule has 0 radical (unpaired) electrons. The summed E-state index contributed by atoms with van der Waals surface area (Å²) in [6.07, 6.45) is 0.215. The van der Waals surface area contributed by atoms with Crippen molar-refractivity contribution in [2.45, 2.75) is 29.9 Å². The first-order valence-corrected chi connectivity index (χ1v) is 9.39. The van der Waals surface area contributed by atoms with E-state index in [-0.39, 0.29) is 24.2 Å². The maximum Gasteiger partial charge on any atom is 0.231 e. The standard InChI is InChI=1S/C16H18N4O2S2/c1-10(2)23-16-19-18-15(24-16)17-14(22)11-8-13(21)20(9-11)12-6-4-3-5-7-12/h3-7,10-11H,8-9H2,1-2H3,(H,17,18,22)/t11-/m1/s1. The molecule has 2 aromatic rings. The molecule has 0 aliphatic carbocycles. The van der Waals surface area contributed by atoms with E-state index in [0.717, 1.165) is 10.0 Å². The molecule has 8 heteroatoms. The highest BCUT2D eigenvalue weighted by Gasteiger charge is 2.35. The zero-order chi connectivity index (χ0) is 17.1. The number of nitrogens with zero attached hydrogens (tertiary/aromatic N) is 3. The highest BCUT2D eigenvalue weighted by Crippen LogP contribution is 2.30. The third-order valence-corrected chi connectivity index (χ3v) is 5.46. The first-order valence-electron chi connectivity index (χ1n) is 7.69. The first-order chi connectivity index (χ1) is 11.5. The lowest BCUT2D eigenvalue weighted by Gasteiger charge is -2.16. The molecule has 1 aliphatic heterocycles. The molecule has 126 valence electrons. The van der Waals surface area contributed by atoms with Gasteiger partial charge in [0.1, 0.15) is 0 Å². The zero-order valence-corrected chi connectivity index (χ0v) is 15.1. The topological polar surface area (TPSA) is 75.2 Å². The van der Waals surface area contributed by atoms with Crippen molar-refractivity contribution in [3.8, 4) is 0 Å². The summed E-state index contributed by atoms with van der Waals surface area (Å²) in [5, 5.41) is 11.7. The molecule has 1 aromatic heterocycles. The monoisotopic (exact) mass is 362 g/mol. The van der Waals surface area contributed by atoms with E-state index >= 15 is 0 Å². The average Bonchev–Trinajstić information content (AvgIpc) is 3.14. The van der Waals surface area contributed by atoms with Crippen molar-refractivity contribution in [2.24, 2.45) is 5.92 Å². The van der Waals surface area contributed by atoms with Gasteiger partial charge in [0.15, 0.2) is 4.34 Å². The van der Waals surface area contributed by atoms with Crippen LogP contribution in [0.4, 0.5) is 10.8 Å². The Morgan fingerprint density at radius 3 is 2.79 bits per heavy atom. The molecule has 2 amide bonds. The van der Waals surface area contributed by atoms with Gasteiger partial charge >= 0.3 is 0 Å². The van der Waals surface area contributed by atoms with Crippen LogP contribution in [-0.2, 0) is 9.59 Å². The number of benzene rings is 1. The Kier molecular flexibility index (Phi) is 5.15. The lowest BCUT2D eigenvalue weighted by atomic mass is 10.1. The average molecular weight is 362 g/mol. The molecule has 24 heavy (non-hydrogen) atoms. The lowest BCUT2D eigenvalue weighted by molar-refractivity contribution is -0.122. The van der Waals surface area contributed by atoms with Crippen LogP contribution in [0.1, 0.15) is 20.3 Å². The molecule has 0 spiro atoms. The Morgan fingerprint density at radius 1 is 1.33 bits per heavy atom. The van der Waals surface area contributed by atoms with E-state index in [9.17, 15) is 9.59 Å². The second-order valence-corrected chi connectivity index (χ2v) is 8.57. The van der Waals surface area contributed by atoms with Crippen molar-refractivity contribution in [1.82, 2.24) is 10.2 Å². The summed E-state index contributed by atoms with van der Waals surface area (Å²) >= 11 is 2.96. The normalized spacial score (nSPS) is 17.5. The van der Waals surface area contributed by atoms with Crippen molar-refractivity contribution in [3.05, 3.63) is 30.3 Å². The molecule has 2 heterocycles. The largest absolute Gasteiger partial charge is 0.312 e. The summed E-state index contributed by atoms with van der Waals surface area (Å²) in [4.78, 5) is 26.3. The molecule has 1 atom stereocenters. The molecule has 0 saturated carbocycles. The van der Waals surface area contributed by atoms with Gasteiger partial charge in [0, 0.05) is 23.9 Å². The van der Waals surface area contributed by atoms with Crippen molar-refractivity contribution < 1.29 is 9.59 Å². The van der Waals surface area contributed by atoms with Crippen LogP contribution in [0.2, 0.25) is 0 Å². The van der Waals surface area contributed by atoms with Gasteiger partial charge in [-0.05, 0) is 12.1 Å². The van der Waals surface area contributed by atoms with Crippen LogP contribution < -0.4 is 10.2 Å². The molecule has 3 rings (SSSR count). The number of carbonyl (C=O) groups excluding carboxylic acids is 2. The fourth-order valence-electron chi connectivity index (χ4n) is 2.46. The van der Waals surface area contributed by atoms with E-state index in [1.807, 2.05) is 30.3 Å². The van der Waals surface area contributed by atoms with Gasteiger partial charge in [-0.25, -0.2) is 0 Å². The number of amides is 2. The molecule has 6 nitrogen and oxygen atoms in total. The number of rotatable bonds is 5. The van der Waals surface area contributed by atoms with E-state index in [4.69, 9.17) is 0 Å². The van der Waals surface area contributed by atoms with Gasteiger partial charge in [0.25, 0.3) is 0 Å². The van der Waals surface area contributed by atoms with Gasteiger partial charge in [-0.2, -0.15) is 0 Å². The number of thioether (sulfide) groups is 1. The molecule has 1 fully saturated rings. The molecule has 1 aromatic carbocycles. The Balaban J connectivity index is 1.62. The minimum atomic E-state index is -0.372. The second-order valence-electron chi connectivity index (χ2n) is 5.77. The predicted molar refractivity (Wildman–Crippen MR) is 96.4 cm³/mol. The van der Waals surface area contributed by atoms with Crippen molar-refractivity contribution in [1.29, 1.82) is 0 Å². The Labute approximate surface area is 148 Å². The summed E-state index contributed by atoms with van der Waals surface area (Å²) in [6.45, 7) is 4.54. The number of anilines is 2. The number of carbonyl (C=O) groups is 2. The summed E-state index contributed by atoms with van der Waals surface area (Å²) in [5.41, 5.74) is 0.823. The van der Waals surface area contributed by atoms with E-state index in [1.165, 1.54) is 11.3 Å². The molecule has 1 N–H and O–H groups in total. The maximum atomic E-state index is 12.4. The predicted octanol–water partition coefficient (Wildman–Crippen LogP) is 3.03. The minimum absolute atomic E-state index is 0.0327. The van der Waals surface area contributed by atoms with Gasteiger partial charge in [0.05, 0.1) is 5.92 Å². The van der Waals surface area contributed by atoms with Crippen LogP contribution in [0.5, 0.6) is 0 Å². The third kappa shape index (κ3) is 3.93. The number of hydrogen-bond acceptors (Lipinski definition) is 6. The van der Waals surface area contributed by atoms with Crippen LogP contribution >= 0.6 is 23.1 Å². The lowest BCUT2D eigenvalue weighted by Crippen LogP contribution is -2.28. The van der Waals surface area contributed by atoms with Crippen molar-refractivity contribution in [2.75, 3.05) is 16.8 Å². The van der Waals surface area contributed by atoms with Crippen molar-refractivity contribution in [3.63, 3.8) is 0 Å². The van der Waals surface area contributed by atoms with Gasteiger partial charge in [-0.15, -0.1) is 10.2 Å². The quantitative estimate of drug-likeness (QED) is 0.654. The number of nitrogens with one attached hydrogen (secondary N) is 1. The Morgan fingerprint density at radius 2 is 2.08 bits per heavy atom. The number of para-hydroxylation sites is 1. The van der Waals surface area contributed by atoms with Gasteiger partial charge < -0.3 is 10.2 Å². The van der Waals surface area contributed by atoms with Crippen LogP contribution in [0.15, 0.2) is 34.7 Å². The minimum Gasteiger partial charge on any atom is -0.312 e. The van der Waals surface area contributed by atoms with Gasteiger partial charge in [-0.3, -0.25) is 9.59 Å². The van der Waals surface area contributed by atoms with Crippen LogP contribution in [0.25, 0.3) is 0 Å². The van der Waals surface area contributed by atoms with E-state index in [0.29, 0.717) is 16.9 Å². The van der Waals surface area contributed by atoms with Gasteiger partial charge in [0.2, 0.25) is 16.9 Å². The van der Waals surface area contributed by atoms with Crippen LogP contribution in [0.3, 0.4) is 0 Å². The molecule has 1 saturated heterocycles. The molecule has 0 unspecified atom stereocenters. The van der Waals surface area contributed by atoms with Crippen LogP contribution in [0, 0.1) is 5.92 Å². The van der Waals surface area contributed by atoms with Gasteiger partial charge in [-0.1, -0.05) is 55.1 Å². The maximum absolute atomic E-state index is 12.4. The third-order valence-electron chi connectivity index (χ3n) is 3.54. The molecule has 1 aliphatic rings.